The van der Waals surface area contributed by atoms with Gasteiger partial charge in [-0.1, -0.05) is 26.0 Å². The van der Waals surface area contributed by atoms with E-state index in [9.17, 15) is 4.79 Å². The Morgan fingerprint density at radius 1 is 1.09 bits per heavy atom. The number of carbonyl (C=O) groups excluding carboxylic acids is 1. The molecule has 4 unspecified atom stereocenters. The standard InChI is InChI=1S/C27H41NO7/c1-7-26(8-2)18-27(33-16-24(34-27)15-30-20(4)29)17-25(5,6)28(26)35-19(3)21-9-11-22(12-10-21)31-13-23-14-32-23/h9-12,19,23-24H,7-8,13-18H2,1-6H3. The molecule has 0 saturated carbocycles. The fraction of sp³-hybridized carbons (Fsp3) is 0.741. The number of benzene rings is 1. The number of nitrogens with zero attached hydrogens (tertiary/aromatic N) is 1. The van der Waals surface area contributed by atoms with Gasteiger partial charge in [0.15, 0.2) is 5.79 Å². The van der Waals surface area contributed by atoms with E-state index in [1.165, 1.54) is 6.92 Å². The summed E-state index contributed by atoms with van der Waals surface area (Å²) in [6, 6.07) is 8.11. The van der Waals surface area contributed by atoms with Crippen LogP contribution in [0.3, 0.4) is 0 Å². The molecule has 1 aromatic carbocycles. The highest BCUT2D eigenvalue weighted by atomic mass is 16.8. The maximum absolute atomic E-state index is 11.3. The van der Waals surface area contributed by atoms with Gasteiger partial charge in [-0.15, -0.1) is 0 Å². The van der Waals surface area contributed by atoms with E-state index in [2.05, 4.69) is 51.8 Å². The number of hydroxylamine groups is 2. The summed E-state index contributed by atoms with van der Waals surface area (Å²) in [5.74, 6) is -0.180. The summed E-state index contributed by atoms with van der Waals surface area (Å²) >= 11 is 0. The van der Waals surface area contributed by atoms with Gasteiger partial charge >= 0.3 is 5.97 Å². The van der Waals surface area contributed by atoms with Gasteiger partial charge < -0.3 is 23.7 Å². The van der Waals surface area contributed by atoms with Gasteiger partial charge in [0.2, 0.25) is 0 Å². The molecule has 1 spiro atoms. The summed E-state index contributed by atoms with van der Waals surface area (Å²) in [5.41, 5.74) is 0.481. The molecule has 35 heavy (non-hydrogen) atoms. The number of piperidine rings is 1. The number of rotatable bonds is 10. The Kier molecular flexibility index (Phi) is 7.79. The van der Waals surface area contributed by atoms with Crippen molar-refractivity contribution in [1.82, 2.24) is 5.06 Å². The Labute approximate surface area is 209 Å². The fourth-order valence-electron chi connectivity index (χ4n) is 5.55. The van der Waals surface area contributed by atoms with E-state index >= 15 is 0 Å². The van der Waals surface area contributed by atoms with E-state index in [4.69, 9.17) is 28.5 Å². The average Bonchev–Trinajstić information content (AvgIpc) is 3.58. The first kappa shape index (κ1) is 26.4. The highest BCUT2D eigenvalue weighted by molar-refractivity contribution is 5.65. The first-order chi connectivity index (χ1) is 16.6. The quantitative estimate of drug-likeness (QED) is 0.348. The van der Waals surface area contributed by atoms with Crippen LogP contribution in [0.1, 0.15) is 78.9 Å². The van der Waals surface area contributed by atoms with Crippen molar-refractivity contribution in [2.24, 2.45) is 0 Å². The Morgan fingerprint density at radius 3 is 2.37 bits per heavy atom. The van der Waals surface area contributed by atoms with Crippen LogP contribution in [-0.4, -0.2) is 66.5 Å². The summed E-state index contributed by atoms with van der Waals surface area (Å²) in [4.78, 5) is 18.0. The lowest BCUT2D eigenvalue weighted by atomic mass is 9.73. The van der Waals surface area contributed by atoms with Crippen molar-refractivity contribution in [2.75, 3.05) is 26.4 Å². The zero-order valence-corrected chi connectivity index (χ0v) is 22.0. The predicted molar refractivity (Wildman–Crippen MR) is 130 cm³/mol. The van der Waals surface area contributed by atoms with Crippen LogP contribution in [0.4, 0.5) is 0 Å². The van der Waals surface area contributed by atoms with Crippen LogP contribution in [0.15, 0.2) is 24.3 Å². The fourth-order valence-corrected chi connectivity index (χ4v) is 5.55. The molecule has 3 fully saturated rings. The molecule has 0 bridgehead atoms. The summed E-state index contributed by atoms with van der Waals surface area (Å²) in [7, 11) is 0. The van der Waals surface area contributed by atoms with Crippen molar-refractivity contribution in [3.63, 3.8) is 0 Å². The van der Waals surface area contributed by atoms with Gasteiger partial charge in [-0.3, -0.25) is 9.63 Å². The van der Waals surface area contributed by atoms with Crippen molar-refractivity contribution in [2.45, 2.75) is 102 Å². The van der Waals surface area contributed by atoms with Crippen LogP contribution in [0.25, 0.3) is 0 Å². The highest BCUT2D eigenvalue weighted by Crippen LogP contribution is 2.52. The molecular formula is C27H41NO7. The van der Waals surface area contributed by atoms with Crippen molar-refractivity contribution in [1.29, 1.82) is 0 Å². The highest BCUT2D eigenvalue weighted by Gasteiger charge is 2.60. The molecule has 3 saturated heterocycles. The molecule has 0 aliphatic carbocycles. The van der Waals surface area contributed by atoms with Crippen LogP contribution in [0, 0.1) is 0 Å². The maximum atomic E-state index is 11.3. The third-order valence-electron chi connectivity index (χ3n) is 7.43. The van der Waals surface area contributed by atoms with Crippen LogP contribution < -0.4 is 4.74 Å². The molecule has 8 nitrogen and oxygen atoms in total. The molecule has 0 N–H and O–H groups in total. The number of epoxide rings is 1. The minimum atomic E-state index is -0.715. The Bertz CT molecular complexity index is 865. The van der Waals surface area contributed by atoms with Gasteiger partial charge in [-0.25, -0.2) is 0 Å². The molecule has 0 amide bonds. The van der Waals surface area contributed by atoms with Crippen molar-refractivity contribution < 1.29 is 33.3 Å². The second-order valence-corrected chi connectivity index (χ2v) is 10.7. The Morgan fingerprint density at radius 2 is 1.77 bits per heavy atom. The van der Waals surface area contributed by atoms with E-state index in [-0.39, 0.29) is 42.0 Å². The first-order valence-corrected chi connectivity index (χ1v) is 12.9. The minimum absolute atomic E-state index is 0.135. The molecule has 196 valence electrons. The van der Waals surface area contributed by atoms with Gasteiger partial charge in [-0.05, 0) is 51.3 Å². The lowest BCUT2D eigenvalue weighted by Crippen LogP contribution is -2.67. The molecule has 4 atom stereocenters. The molecule has 3 heterocycles. The van der Waals surface area contributed by atoms with Crippen LogP contribution in [0.5, 0.6) is 5.75 Å². The molecule has 0 aromatic heterocycles. The van der Waals surface area contributed by atoms with Gasteiger partial charge in [0.25, 0.3) is 0 Å². The smallest absolute Gasteiger partial charge is 0.302 e. The largest absolute Gasteiger partial charge is 0.491 e. The molecule has 4 rings (SSSR count). The van der Waals surface area contributed by atoms with Gasteiger partial charge in [-0.2, -0.15) is 5.06 Å². The zero-order valence-electron chi connectivity index (χ0n) is 22.0. The van der Waals surface area contributed by atoms with Crippen LogP contribution in [-0.2, 0) is 28.6 Å². The normalized spacial score (nSPS) is 30.2. The summed E-state index contributed by atoms with van der Waals surface area (Å²) in [6.07, 6.45) is 2.97. The van der Waals surface area contributed by atoms with E-state index in [0.717, 1.165) is 30.8 Å². The van der Waals surface area contributed by atoms with Crippen molar-refractivity contribution >= 4 is 5.97 Å². The van der Waals surface area contributed by atoms with E-state index in [1.54, 1.807) is 0 Å². The summed E-state index contributed by atoms with van der Waals surface area (Å²) in [6.45, 7) is 14.3. The lowest BCUT2D eigenvalue weighted by molar-refractivity contribution is -0.360. The lowest BCUT2D eigenvalue weighted by Gasteiger charge is -2.59. The van der Waals surface area contributed by atoms with Crippen molar-refractivity contribution in [3.8, 4) is 5.75 Å². The number of ether oxygens (including phenoxy) is 5. The molecule has 1 aromatic rings. The van der Waals surface area contributed by atoms with Gasteiger partial charge in [0.05, 0.1) is 18.8 Å². The average molecular weight is 492 g/mol. The Hall–Kier alpha value is -1.71. The van der Waals surface area contributed by atoms with Crippen molar-refractivity contribution in [3.05, 3.63) is 29.8 Å². The second-order valence-electron chi connectivity index (χ2n) is 10.7. The summed E-state index contributed by atoms with van der Waals surface area (Å²) < 4.78 is 28.9. The van der Waals surface area contributed by atoms with E-state index in [1.807, 2.05) is 12.1 Å². The topological polar surface area (TPSA) is 79.0 Å². The third-order valence-corrected chi connectivity index (χ3v) is 7.43. The SMILES string of the molecule is CCC1(CC)CC2(CC(C)(C)N1OC(C)c1ccc(OCC3CO3)cc1)OCC(COC(C)=O)O2. The molecule has 3 aliphatic rings. The zero-order chi connectivity index (χ0) is 25.3. The monoisotopic (exact) mass is 491 g/mol. The molecule has 3 aliphatic heterocycles. The maximum Gasteiger partial charge on any atom is 0.302 e. The number of carbonyl (C=O) groups is 1. The Balaban J connectivity index is 1.46. The van der Waals surface area contributed by atoms with E-state index < -0.39 is 5.79 Å². The van der Waals surface area contributed by atoms with Gasteiger partial charge in [0, 0.05) is 25.3 Å². The molecular weight excluding hydrogens is 450 g/mol. The number of hydrogen-bond donors (Lipinski definition) is 0. The van der Waals surface area contributed by atoms with Crippen LogP contribution >= 0.6 is 0 Å². The predicted octanol–water partition coefficient (Wildman–Crippen LogP) is 4.56. The third kappa shape index (κ3) is 6.00. The van der Waals surface area contributed by atoms with Gasteiger partial charge in [0.1, 0.15) is 37.3 Å². The minimum Gasteiger partial charge on any atom is -0.491 e. The molecule has 8 heteroatoms. The number of hydrogen-bond acceptors (Lipinski definition) is 8. The van der Waals surface area contributed by atoms with E-state index in [0.29, 0.717) is 26.1 Å². The second kappa shape index (κ2) is 10.3. The number of esters is 1. The van der Waals surface area contributed by atoms with Crippen LogP contribution in [0.2, 0.25) is 0 Å². The first-order valence-electron chi connectivity index (χ1n) is 12.9. The summed E-state index contributed by atoms with van der Waals surface area (Å²) in [5, 5.41) is 2.21. The molecule has 0 radical (unpaired) electrons.